The third-order valence-corrected chi connectivity index (χ3v) is 9.56. The number of carboxylic acid groups (broad SMARTS) is 3. The van der Waals surface area contributed by atoms with Gasteiger partial charge in [0, 0.05) is 61.9 Å². The molecule has 1 saturated carbocycles. The van der Waals surface area contributed by atoms with Gasteiger partial charge >= 0.3 is 17.9 Å². The first-order chi connectivity index (χ1) is 19.0. The summed E-state index contributed by atoms with van der Waals surface area (Å²) in [6.45, 7) is 2.97. The van der Waals surface area contributed by atoms with E-state index in [4.69, 9.17) is 10.2 Å². The molecule has 0 aromatic carbocycles. The summed E-state index contributed by atoms with van der Waals surface area (Å²) in [7, 11) is 1.95. The molecule has 0 heterocycles. The van der Waals surface area contributed by atoms with Crippen LogP contribution in [-0.2, 0) is 24.0 Å². The molecule has 0 spiro atoms. The molecule has 40 heavy (non-hydrogen) atoms. The quantitative estimate of drug-likeness (QED) is 0.102. The van der Waals surface area contributed by atoms with E-state index in [0.717, 1.165) is 24.5 Å². The zero-order chi connectivity index (χ0) is 29.9. The molecule has 1 fully saturated rings. The lowest BCUT2D eigenvalue weighted by Crippen LogP contribution is -2.44. The molecule has 12 nitrogen and oxygen atoms in total. The lowest BCUT2D eigenvalue weighted by molar-refractivity contribution is -0.139. The molecule has 0 bridgehead atoms. The number of nitrogens with zero attached hydrogens (tertiary/aromatic N) is 3. The van der Waals surface area contributed by atoms with Crippen LogP contribution in [0.1, 0.15) is 39.0 Å². The van der Waals surface area contributed by atoms with Crippen molar-refractivity contribution in [3.8, 4) is 0 Å². The Morgan fingerprint density at radius 1 is 0.700 bits per heavy atom. The summed E-state index contributed by atoms with van der Waals surface area (Å²) in [5.41, 5.74) is 0. The van der Waals surface area contributed by atoms with E-state index in [-0.39, 0.29) is 63.8 Å². The van der Waals surface area contributed by atoms with Gasteiger partial charge in [-0.15, -0.1) is 0 Å². The number of aliphatic carboxylic acids is 3. The maximum absolute atomic E-state index is 12.6. The van der Waals surface area contributed by atoms with Crippen LogP contribution in [0.4, 0.5) is 0 Å². The van der Waals surface area contributed by atoms with Crippen molar-refractivity contribution >= 4 is 53.0 Å². The summed E-state index contributed by atoms with van der Waals surface area (Å²) < 4.78 is 0. The Morgan fingerprint density at radius 2 is 1.23 bits per heavy atom. The molecule has 1 aliphatic rings. The van der Waals surface area contributed by atoms with Gasteiger partial charge in [0.2, 0.25) is 0 Å². The van der Waals surface area contributed by atoms with E-state index in [9.17, 15) is 29.1 Å². The fraction of sp³-hybridized carbons (Fsp3) is 0.808. The van der Waals surface area contributed by atoms with E-state index in [1.807, 2.05) is 30.6 Å². The summed E-state index contributed by atoms with van der Waals surface area (Å²) in [5.74, 6) is -1.32. The number of carboxylic acids is 3. The third kappa shape index (κ3) is 17.9. The molecule has 1 rings (SSSR count). The number of rotatable bonds is 26. The van der Waals surface area contributed by atoms with Crippen LogP contribution < -0.4 is 5.32 Å². The molecular formula is C26H46N4O8S2. The summed E-state index contributed by atoms with van der Waals surface area (Å²) in [6, 6.07) is 0. The minimum atomic E-state index is -1.07. The molecule has 230 valence electrons. The van der Waals surface area contributed by atoms with Crippen LogP contribution in [0.5, 0.6) is 0 Å². The fourth-order valence-electron chi connectivity index (χ4n) is 4.25. The lowest BCUT2D eigenvalue weighted by Gasteiger charge is -2.35. The van der Waals surface area contributed by atoms with Gasteiger partial charge in [-0.2, -0.15) is 23.5 Å². The Labute approximate surface area is 245 Å². The summed E-state index contributed by atoms with van der Waals surface area (Å²) in [6.07, 6.45) is 3.44. The van der Waals surface area contributed by atoms with Gasteiger partial charge in [-0.25, -0.2) is 0 Å². The Hall–Kier alpha value is -1.71. The first-order valence-electron chi connectivity index (χ1n) is 13.7. The number of carbonyl (C=O) groups excluding carboxylic acids is 2. The number of hydrogen-bond donors (Lipinski definition) is 4. The Kier molecular flexibility index (Phi) is 19.1. The molecule has 0 aliphatic heterocycles. The minimum Gasteiger partial charge on any atom is -0.481 e. The third-order valence-electron chi connectivity index (χ3n) is 6.44. The van der Waals surface area contributed by atoms with Crippen molar-refractivity contribution in [3.63, 3.8) is 0 Å². The predicted octanol–water partition coefficient (Wildman–Crippen LogP) is 0.691. The maximum Gasteiger partial charge on any atom is 0.317 e. The number of hydrogen-bond acceptors (Lipinski definition) is 11. The second kappa shape index (κ2) is 21.1. The highest BCUT2D eigenvalue weighted by atomic mass is 32.2. The standard InChI is InChI=1S/C26H46N4O8S2/c1-20(31)16-29(18-25(35)36)12-10-28(9-7-24(33)34)11-13-30(19-26(37)38)17-21(32)4-3-14-39-22-5-6-23(22)40-15-8-27-2/h22-23,27H,3-19H2,1-2H3,(H,33,34)(H,35,36)(H,37,38). The molecule has 2 atom stereocenters. The van der Waals surface area contributed by atoms with Crippen LogP contribution in [0.3, 0.4) is 0 Å². The molecule has 0 aromatic heterocycles. The van der Waals surface area contributed by atoms with E-state index in [0.29, 0.717) is 30.0 Å². The normalized spacial score (nSPS) is 16.8. The van der Waals surface area contributed by atoms with Gasteiger partial charge in [0.25, 0.3) is 0 Å². The van der Waals surface area contributed by atoms with E-state index >= 15 is 0 Å². The van der Waals surface area contributed by atoms with Crippen molar-refractivity contribution in [1.82, 2.24) is 20.0 Å². The van der Waals surface area contributed by atoms with Crippen molar-refractivity contribution in [2.24, 2.45) is 0 Å². The summed E-state index contributed by atoms with van der Waals surface area (Å²) in [4.78, 5) is 62.7. The fourth-order valence-corrected chi connectivity index (χ4v) is 7.26. The zero-order valence-corrected chi connectivity index (χ0v) is 25.3. The van der Waals surface area contributed by atoms with Crippen LogP contribution in [0.2, 0.25) is 0 Å². The molecule has 14 heteroatoms. The van der Waals surface area contributed by atoms with E-state index in [1.54, 1.807) is 9.80 Å². The van der Waals surface area contributed by atoms with Gasteiger partial charge in [0.15, 0.2) is 0 Å². The van der Waals surface area contributed by atoms with Crippen LogP contribution in [0, 0.1) is 0 Å². The van der Waals surface area contributed by atoms with Crippen molar-refractivity contribution in [3.05, 3.63) is 0 Å². The summed E-state index contributed by atoms with van der Waals surface area (Å²) >= 11 is 3.92. The second-order valence-corrected chi connectivity index (χ2v) is 12.7. The number of Topliss-reactive ketones (excluding diaryl/α,β-unsaturated/α-hetero) is 2. The number of carbonyl (C=O) groups is 5. The molecule has 0 radical (unpaired) electrons. The van der Waals surface area contributed by atoms with E-state index in [2.05, 4.69) is 5.32 Å². The number of nitrogens with one attached hydrogen (secondary N) is 1. The Morgan fingerprint density at radius 3 is 1.70 bits per heavy atom. The molecule has 0 saturated heterocycles. The van der Waals surface area contributed by atoms with Gasteiger partial charge in [0.05, 0.1) is 32.6 Å². The molecule has 0 aromatic rings. The van der Waals surface area contributed by atoms with Crippen LogP contribution in [0.25, 0.3) is 0 Å². The maximum atomic E-state index is 12.6. The Bertz CT molecular complexity index is 804. The van der Waals surface area contributed by atoms with Crippen LogP contribution in [-0.4, -0.2) is 154 Å². The van der Waals surface area contributed by atoms with Crippen molar-refractivity contribution < 1.29 is 39.3 Å². The van der Waals surface area contributed by atoms with E-state index < -0.39 is 17.9 Å². The van der Waals surface area contributed by atoms with Crippen LogP contribution in [0.15, 0.2) is 0 Å². The van der Waals surface area contributed by atoms with Crippen molar-refractivity contribution in [1.29, 1.82) is 0 Å². The second-order valence-electron chi connectivity index (χ2n) is 10.0. The first kappa shape index (κ1) is 36.3. The number of thioether (sulfide) groups is 2. The van der Waals surface area contributed by atoms with Gasteiger partial charge in [-0.3, -0.25) is 33.8 Å². The van der Waals surface area contributed by atoms with Gasteiger partial charge in [-0.1, -0.05) is 0 Å². The van der Waals surface area contributed by atoms with Crippen molar-refractivity contribution in [2.45, 2.75) is 49.5 Å². The van der Waals surface area contributed by atoms with Gasteiger partial charge in [-0.05, 0) is 39.0 Å². The largest absolute Gasteiger partial charge is 0.481 e. The minimum absolute atomic E-state index is 0.00510. The Balaban J connectivity index is 2.54. The average molecular weight is 607 g/mol. The first-order valence-corrected chi connectivity index (χ1v) is 15.8. The molecular weight excluding hydrogens is 560 g/mol. The summed E-state index contributed by atoms with van der Waals surface area (Å²) in [5, 5.41) is 32.1. The number of ketones is 2. The molecule has 4 N–H and O–H groups in total. The zero-order valence-electron chi connectivity index (χ0n) is 23.7. The predicted molar refractivity (Wildman–Crippen MR) is 157 cm³/mol. The highest BCUT2D eigenvalue weighted by molar-refractivity contribution is 8.04. The monoisotopic (exact) mass is 606 g/mol. The van der Waals surface area contributed by atoms with Crippen LogP contribution >= 0.6 is 23.5 Å². The van der Waals surface area contributed by atoms with Crippen molar-refractivity contribution in [2.75, 3.05) is 84.0 Å². The topological polar surface area (TPSA) is 168 Å². The molecule has 2 unspecified atom stereocenters. The molecule has 0 amide bonds. The van der Waals surface area contributed by atoms with Gasteiger partial charge in [0.1, 0.15) is 11.6 Å². The SMILES string of the molecule is CNCCSC1CCC1SCCCC(=O)CN(CCN(CCC(=O)O)CCN(CC(C)=O)CC(=O)O)CC(=O)O. The van der Waals surface area contributed by atoms with Gasteiger partial charge < -0.3 is 25.5 Å². The highest BCUT2D eigenvalue weighted by Gasteiger charge is 2.31. The smallest absolute Gasteiger partial charge is 0.317 e. The molecule has 1 aliphatic carbocycles. The average Bonchev–Trinajstić information content (AvgIpc) is 2.83. The lowest BCUT2D eigenvalue weighted by atomic mass is 9.99. The van der Waals surface area contributed by atoms with E-state index in [1.165, 1.54) is 24.7 Å². The highest BCUT2D eigenvalue weighted by Crippen LogP contribution is 2.40.